The van der Waals surface area contributed by atoms with Crippen molar-refractivity contribution in [1.29, 1.82) is 0 Å². The molecule has 2 aliphatic heterocycles. The molecule has 31 heavy (non-hydrogen) atoms. The summed E-state index contributed by atoms with van der Waals surface area (Å²) in [6, 6.07) is 2.06. The van der Waals surface area contributed by atoms with Crippen molar-refractivity contribution < 1.29 is 9.59 Å². The molecular weight excluding hydrogens is 390 g/mol. The third-order valence-corrected chi connectivity index (χ3v) is 7.14. The molecule has 0 bridgehead atoms. The molecule has 0 radical (unpaired) electrons. The lowest BCUT2D eigenvalue weighted by molar-refractivity contribution is -0.136. The van der Waals surface area contributed by atoms with Crippen molar-refractivity contribution in [3.63, 3.8) is 0 Å². The quantitative estimate of drug-likeness (QED) is 0.709. The van der Waals surface area contributed by atoms with E-state index in [0.29, 0.717) is 12.8 Å². The van der Waals surface area contributed by atoms with Gasteiger partial charge >= 0.3 is 0 Å². The fraction of sp³-hybridized carbons (Fsp3) is 0.667. The summed E-state index contributed by atoms with van der Waals surface area (Å²) in [7, 11) is 0. The molecule has 0 aromatic carbocycles. The van der Waals surface area contributed by atoms with Crippen LogP contribution in [-0.4, -0.2) is 55.8 Å². The number of rotatable bonds is 6. The number of hydrogen-bond acceptors (Lipinski definition) is 4. The number of hydrogen-bond donors (Lipinski definition) is 0. The zero-order chi connectivity index (χ0) is 22.1. The van der Waals surface area contributed by atoms with E-state index in [-0.39, 0.29) is 23.8 Å². The monoisotopic (exact) mass is 425 g/mol. The van der Waals surface area contributed by atoms with Crippen LogP contribution in [0.5, 0.6) is 0 Å². The van der Waals surface area contributed by atoms with Crippen molar-refractivity contribution in [2.45, 2.75) is 78.7 Å². The van der Waals surface area contributed by atoms with E-state index in [1.807, 2.05) is 34.2 Å². The van der Waals surface area contributed by atoms with Crippen molar-refractivity contribution in [2.75, 3.05) is 19.6 Å². The first-order valence-corrected chi connectivity index (χ1v) is 11.8. The largest absolute Gasteiger partial charge is 0.343 e. The van der Waals surface area contributed by atoms with Gasteiger partial charge in [0.2, 0.25) is 11.8 Å². The van der Waals surface area contributed by atoms with E-state index < -0.39 is 0 Å². The molecule has 0 aliphatic carbocycles. The molecule has 0 N–H and O–H groups in total. The second-order valence-corrected chi connectivity index (χ2v) is 9.19. The van der Waals surface area contributed by atoms with Gasteiger partial charge in [0, 0.05) is 49.4 Å². The van der Waals surface area contributed by atoms with Crippen molar-refractivity contribution in [3.8, 4) is 0 Å². The second-order valence-electron chi connectivity index (χ2n) is 9.19. The van der Waals surface area contributed by atoms with Gasteiger partial charge in [0.25, 0.3) is 0 Å². The van der Waals surface area contributed by atoms with Crippen molar-refractivity contribution in [1.82, 2.24) is 24.4 Å². The van der Waals surface area contributed by atoms with E-state index in [0.717, 1.165) is 80.0 Å². The Morgan fingerprint density at radius 1 is 1.16 bits per heavy atom. The van der Waals surface area contributed by atoms with Crippen LogP contribution in [0.15, 0.2) is 6.07 Å². The first kappa shape index (κ1) is 21.8. The van der Waals surface area contributed by atoms with Crippen LogP contribution in [0, 0.1) is 19.8 Å². The Morgan fingerprint density at radius 2 is 1.90 bits per heavy atom. The van der Waals surface area contributed by atoms with E-state index in [1.165, 1.54) is 0 Å². The van der Waals surface area contributed by atoms with Gasteiger partial charge in [-0.15, -0.1) is 0 Å². The molecule has 0 unspecified atom stereocenters. The molecule has 2 aliphatic rings. The molecule has 0 saturated carbocycles. The van der Waals surface area contributed by atoms with E-state index in [4.69, 9.17) is 10.1 Å². The van der Waals surface area contributed by atoms with E-state index >= 15 is 0 Å². The highest BCUT2D eigenvalue weighted by molar-refractivity contribution is 5.79. The van der Waals surface area contributed by atoms with E-state index in [1.54, 1.807) is 0 Å². The predicted octanol–water partition coefficient (Wildman–Crippen LogP) is 3.61. The van der Waals surface area contributed by atoms with Crippen molar-refractivity contribution in [3.05, 3.63) is 28.7 Å². The maximum Gasteiger partial charge on any atom is 0.225 e. The summed E-state index contributed by atoms with van der Waals surface area (Å²) in [6.45, 7) is 10.7. The Morgan fingerprint density at radius 3 is 2.61 bits per heavy atom. The van der Waals surface area contributed by atoms with Crippen molar-refractivity contribution in [2.24, 2.45) is 5.92 Å². The number of aromatic nitrogens is 3. The zero-order valence-electron chi connectivity index (χ0n) is 19.4. The molecule has 168 valence electrons. The lowest BCUT2D eigenvalue weighted by atomic mass is 10.1. The minimum Gasteiger partial charge on any atom is -0.343 e. The third-order valence-electron chi connectivity index (χ3n) is 7.14. The van der Waals surface area contributed by atoms with Crippen LogP contribution in [0.4, 0.5) is 0 Å². The molecule has 7 heteroatoms. The van der Waals surface area contributed by atoms with Crippen LogP contribution in [0.2, 0.25) is 0 Å². The molecule has 7 nitrogen and oxygen atoms in total. The first-order chi connectivity index (χ1) is 14.9. The third kappa shape index (κ3) is 4.19. The molecule has 2 fully saturated rings. The Kier molecular flexibility index (Phi) is 6.30. The highest BCUT2D eigenvalue weighted by Gasteiger charge is 2.33. The van der Waals surface area contributed by atoms with Crippen LogP contribution >= 0.6 is 0 Å². The highest BCUT2D eigenvalue weighted by atomic mass is 16.2. The minimum atomic E-state index is 0.0306. The topological polar surface area (TPSA) is 70.8 Å². The number of amides is 2. The van der Waals surface area contributed by atoms with Crippen LogP contribution in [-0.2, 0) is 16.0 Å². The Labute approximate surface area is 184 Å². The molecule has 4 rings (SSSR count). The normalized spacial score (nSPS) is 20.1. The van der Waals surface area contributed by atoms with Gasteiger partial charge < -0.3 is 9.80 Å². The number of carbonyl (C=O) groups excluding carboxylic acids is 2. The van der Waals surface area contributed by atoms with Crippen molar-refractivity contribution >= 4 is 17.5 Å². The van der Waals surface area contributed by atoms with Gasteiger partial charge in [-0.25, -0.2) is 9.50 Å². The van der Waals surface area contributed by atoms with Crippen LogP contribution in [0.3, 0.4) is 0 Å². The summed E-state index contributed by atoms with van der Waals surface area (Å²) in [4.78, 5) is 34.1. The Bertz CT molecular complexity index is 976. The molecule has 2 saturated heterocycles. The van der Waals surface area contributed by atoms with E-state index in [9.17, 15) is 9.59 Å². The van der Waals surface area contributed by atoms with Gasteiger partial charge in [-0.2, -0.15) is 5.10 Å². The van der Waals surface area contributed by atoms with Crippen LogP contribution in [0.1, 0.15) is 81.1 Å². The number of fused-ring (bicyclic) bond motifs is 1. The molecule has 2 atom stereocenters. The average molecular weight is 426 g/mol. The molecule has 0 spiro atoms. The number of aryl methyl sites for hydroxylation is 2. The maximum absolute atomic E-state index is 12.8. The maximum atomic E-state index is 12.8. The van der Waals surface area contributed by atoms with Gasteiger partial charge in [0.05, 0.1) is 11.7 Å². The number of nitrogens with zero attached hydrogens (tertiary/aromatic N) is 5. The van der Waals surface area contributed by atoms with Gasteiger partial charge in [-0.3, -0.25) is 9.59 Å². The van der Waals surface area contributed by atoms with Crippen LogP contribution in [0.25, 0.3) is 5.65 Å². The second kappa shape index (κ2) is 8.97. The molecular formula is C24H35N5O2. The van der Waals surface area contributed by atoms with E-state index in [2.05, 4.69) is 13.8 Å². The van der Waals surface area contributed by atoms with Gasteiger partial charge in [0.1, 0.15) is 0 Å². The molecule has 2 aromatic rings. The Hall–Kier alpha value is -2.44. The summed E-state index contributed by atoms with van der Waals surface area (Å²) in [5.41, 5.74) is 4.86. The van der Waals surface area contributed by atoms with Crippen LogP contribution < -0.4 is 0 Å². The lowest BCUT2D eigenvalue weighted by Gasteiger charge is -2.26. The SMILES string of the molecule is CC[C@@H](C)C(=O)N1CCC[C@H]1c1cc2nc(C)c(CCC(=O)N3CCCC3)c(C)n2n1. The fourth-order valence-electron chi connectivity index (χ4n) is 5.02. The standard InChI is InChI=1S/C24H35N5O2/c1-5-16(2)24(31)28-14-8-9-21(28)20-15-22-25-17(3)19(18(4)29(22)26-20)10-11-23(30)27-12-6-7-13-27/h15-16,21H,5-14H2,1-4H3/t16-,21+/m1/s1. The van der Waals surface area contributed by atoms with Gasteiger partial charge in [-0.05, 0) is 57.9 Å². The fourth-order valence-corrected chi connectivity index (χ4v) is 5.02. The summed E-state index contributed by atoms with van der Waals surface area (Å²) in [5.74, 6) is 0.506. The highest BCUT2D eigenvalue weighted by Crippen LogP contribution is 2.33. The summed E-state index contributed by atoms with van der Waals surface area (Å²) < 4.78 is 1.90. The molecule has 4 heterocycles. The summed E-state index contributed by atoms with van der Waals surface area (Å²) >= 11 is 0. The molecule has 2 amide bonds. The number of likely N-dealkylation sites (tertiary alicyclic amines) is 2. The first-order valence-electron chi connectivity index (χ1n) is 11.8. The van der Waals surface area contributed by atoms with Gasteiger partial charge in [-0.1, -0.05) is 13.8 Å². The smallest absolute Gasteiger partial charge is 0.225 e. The predicted molar refractivity (Wildman–Crippen MR) is 120 cm³/mol. The zero-order valence-corrected chi connectivity index (χ0v) is 19.4. The minimum absolute atomic E-state index is 0.0306. The lowest BCUT2D eigenvalue weighted by Crippen LogP contribution is -2.34. The summed E-state index contributed by atoms with van der Waals surface area (Å²) in [6.07, 6.45) is 6.25. The number of carbonyl (C=O) groups is 2. The summed E-state index contributed by atoms with van der Waals surface area (Å²) in [5, 5.41) is 4.88. The average Bonchev–Trinajstić information content (AvgIpc) is 3.52. The van der Waals surface area contributed by atoms with Gasteiger partial charge in [0.15, 0.2) is 5.65 Å². The Balaban J connectivity index is 1.57. The molecule has 2 aromatic heterocycles.